The predicted molar refractivity (Wildman–Crippen MR) is 265 cm³/mol. The molecule has 0 aromatic heterocycles. The van der Waals surface area contributed by atoms with E-state index in [9.17, 15) is 36.0 Å². The summed E-state index contributed by atoms with van der Waals surface area (Å²) in [6.45, 7) is 3.86. The molecule has 364 valence electrons. The van der Waals surface area contributed by atoms with Gasteiger partial charge in [-0.3, -0.25) is 19.2 Å². The summed E-state index contributed by atoms with van der Waals surface area (Å²) in [5.74, 6) is -3.50. The number of aryl methyl sites for hydroxylation is 1. The van der Waals surface area contributed by atoms with Gasteiger partial charge in [-0.1, -0.05) is 128 Å². The summed E-state index contributed by atoms with van der Waals surface area (Å²) in [4.78, 5) is 55.1. The number of nitrogens with one attached hydrogen (secondary N) is 2. The molecule has 14 nitrogen and oxygen atoms in total. The number of unbranched alkanes of at least 4 members (excludes halogenated alkanes) is 1. The fourth-order valence-electron chi connectivity index (χ4n) is 8.08. The highest BCUT2D eigenvalue weighted by Gasteiger charge is 2.33. The fourth-order valence-corrected chi connectivity index (χ4v) is 11.0. The molecule has 0 aliphatic heterocycles. The molecule has 2 amide bonds. The molecule has 4 atom stereocenters. The van der Waals surface area contributed by atoms with E-state index in [1.54, 1.807) is 12.1 Å². The highest BCUT2D eigenvalue weighted by Crippen LogP contribution is 2.22. The van der Waals surface area contributed by atoms with Gasteiger partial charge in [-0.05, 0) is 93.5 Å². The molecule has 0 aliphatic carbocycles. The van der Waals surface area contributed by atoms with Gasteiger partial charge >= 0.3 is 0 Å². The number of sulfonamides is 2. The number of nitrogens with zero attached hydrogens (tertiary/aromatic N) is 2. The summed E-state index contributed by atoms with van der Waals surface area (Å²) in [5, 5.41) is 5.92. The monoisotopic (exact) mass is 958 g/mol. The van der Waals surface area contributed by atoms with Crippen molar-refractivity contribution in [2.75, 3.05) is 45.0 Å². The normalized spacial score (nSPS) is 13.7. The fraction of sp³-hybridized carbons (Fsp3) is 0.451. The van der Waals surface area contributed by atoms with Gasteiger partial charge in [-0.15, -0.1) is 0 Å². The second-order valence-electron chi connectivity index (χ2n) is 17.5. The van der Waals surface area contributed by atoms with Crippen LogP contribution in [-0.4, -0.2) is 106 Å². The molecular weight excluding hydrogens is 889 g/mol. The van der Waals surface area contributed by atoms with E-state index >= 15 is 0 Å². The van der Waals surface area contributed by atoms with Crippen LogP contribution >= 0.6 is 0 Å². The second-order valence-corrected chi connectivity index (χ2v) is 21.5. The molecule has 4 rings (SSSR count). The average molecular weight is 959 g/mol. The van der Waals surface area contributed by atoms with Crippen molar-refractivity contribution in [3.8, 4) is 0 Å². The van der Waals surface area contributed by atoms with E-state index in [0.717, 1.165) is 30.9 Å². The number of amides is 2. The maximum atomic E-state index is 14.5. The number of ketones is 2. The predicted octanol–water partition coefficient (Wildman–Crippen LogP) is 4.73. The lowest BCUT2D eigenvalue weighted by Gasteiger charge is -2.30. The summed E-state index contributed by atoms with van der Waals surface area (Å²) in [6, 6.07) is 33.6. The maximum Gasteiger partial charge on any atom is 0.235 e. The van der Waals surface area contributed by atoms with E-state index in [1.807, 2.05) is 117 Å². The van der Waals surface area contributed by atoms with E-state index in [-0.39, 0.29) is 68.7 Å². The molecule has 0 saturated carbocycles. The molecule has 0 bridgehead atoms. The quantitative estimate of drug-likeness (QED) is 0.0508. The Morgan fingerprint density at radius 2 is 1.18 bits per heavy atom. The van der Waals surface area contributed by atoms with E-state index in [4.69, 9.17) is 11.5 Å². The number of rotatable bonds is 31. The molecule has 0 aliphatic rings. The standard InChI is InChI=1S/C51H70N6O8S2/c1-4-46(31-42-18-10-6-11-19-42)51(61)54-47(32-43-20-12-7-13-21-43)36-57(66(62,63)29-28-53)37-50(60)55-48(22-14-15-27-52)49(59)33-45(30-41-16-8-5-9-17-41)35-56(34-40(3)58)67(64,65)38-44-25-23-39(2)24-26-44/h5-13,16-21,23-26,45-48H,4,14-15,22,27-38,52-53H2,1-3H3,(H,54,61)(H,55,60). The van der Waals surface area contributed by atoms with Crippen LogP contribution < -0.4 is 22.1 Å². The molecule has 0 heterocycles. The Kier molecular flexibility index (Phi) is 22.5. The summed E-state index contributed by atoms with van der Waals surface area (Å²) in [6.07, 6.45) is 2.67. The summed E-state index contributed by atoms with van der Waals surface area (Å²) in [7, 11) is -8.19. The minimum atomic E-state index is -4.15. The first kappa shape index (κ1) is 54.5. The number of nitrogens with two attached hydrogens (primary N) is 2. The Hall–Kier alpha value is -5.10. The van der Waals surface area contributed by atoms with Crippen LogP contribution in [0.15, 0.2) is 115 Å². The van der Waals surface area contributed by atoms with Gasteiger partial charge in [0.25, 0.3) is 0 Å². The molecule has 67 heavy (non-hydrogen) atoms. The first-order chi connectivity index (χ1) is 32.0. The summed E-state index contributed by atoms with van der Waals surface area (Å²) >= 11 is 0. The van der Waals surface area contributed by atoms with Crippen LogP contribution in [0.2, 0.25) is 0 Å². The molecule has 0 spiro atoms. The van der Waals surface area contributed by atoms with Gasteiger partial charge in [0.05, 0.1) is 30.6 Å². The molecule has 4 aromatic rings. The van der Waals surface area contributed by atoms with Gasteiger partial charge in [0.2, 0.25) is 31.9 Å². The van der Waals surface area contributed by atoms with Gasteiger partial charge < -0.3 is 22.1 Å². The number of benzene rings is 4. The number of hydrogen-bond donors (Lipinski definition) is 4. The summed E-state index contributed by atoms with van der Waals surface area (Å²) in [5.41, 5.74) is 15.8. The van der Waals surface area contributed by atoms with Crippen LogP contribution in [0.25, 0.3) is 0 Å². The highest BCUT2D eigenvalue weighted by atomic mass is 32.2. The number of carbonyl (C=O) groups excluding carboxylic acids is 4. The Morgan fingerprint density at radius 3 is 1.72 bits per heavy atom. The average Bonchev–Trinajstić information content (AvgIpc) is 3.29. The van der Waals surface area contributed by atoms with E-state index in [0.29, 0.717) is 44.2 Å². The van der Waals surface area contributed by atoms with Crippen molar-refractivity contribution >= 4 is 43.4 Å². The molecule has 4 aromatic carbocycles. The van der Waals surface area contributed by atoms with Crippen molar-refractivity contribution in [3.63, 3.8) is 0 Å². The molecule has 16 heteroatoms. The Bertz CT molecular complexity index is 2370. The Balaban J connectivity index is 1.61. The lowest BCUT2D eigenvalue weighted by Crippen LogP contribution is -2.53. The first-order valence-electron chi connectivity index (χ1n) is 23.2. The summed E-state index contributed by atoms with van der Waals surface area (Å²) < 4.78 is 57.9. The molecule has 6 N–H and O–H groups in total. The van der Waals surface area contributed by atoms with Crippen LogP contribution in [0.1, 0.15) is 73.8 Å². The minimum absolute atomic E-state index is 0.137. The van der Waals surface area contributed by atoms with Crippen LogP contribution in [0.5, 0.6) is 0 Å². The van der Waals surface area contributed by atoms with Crippen LogP contribution in [0.4, 0.5) is 0 Å². The lowest BCUT2D eigenvalue weighted by molar-refractivity contribution is -0.128. The van der Waals surface area contributed by atoms with Gasteiger partial charge in [0, 0.05) is 38.0 Å². The Morgan fingerprint density at radius 1 is 0.627 bits per heavy atom. The maximum absolute atomic E-state index is 14.5. The second kappa shape index (κ2) is 27.6. The Labute approximate surface area is 398 Å². The zero-order valence-corrected chi connectivity index (χ0v) is 40.9. The molecule has 0 saturated heterocycles. The third-order valence-corrected chi connectivity index (χ3v) is 15.2. The van der Waals surface area contributed by atoms with Gasteiger partial charge in [-0.25, -0.2) is 16.8 Å². The molecular formula is C51H70N6O8S2. The third-order valence-electron chi connectivity index (χ3n) is 11.6. The van der Waals surface area contributed by atoms with Crippen molar-refractivity contribution < 1.29 is 36.0 Å². The first-order valence-corrected chi connectivity index (χ1v) is 26.4. The van der Waals surface area contributed by atoms with Crippen LogP contribution in [0.3, 0.4) is 0 Å². The number of hydrogen-bond acceptors (Lipinski definition) is 10. The smallest absolute Gasteiger partial charge is 0.235 e. The largest absolute Gasteiger partial charge is 0.351 e. The van der Waals surface area contributed by atoms with Crippen molar-refractivity contribution in [2.45, 2.75) is 90.0 Å². The van der Waals surface area contributed by atoms with Crippen molar-refractivity contribution in [1.29, 1.82) is 0 Å². The topological polar surface area (TPSA) is 219 Å². The minimum Gasteiger partial charge on any atom is -0.351 e. The van der Waals surface area contributed by atoms with E-state index < -0.39 is 62.2 Å². The van der Waals surface area contributed by atoms with Gasteiger partial charge in [-0.2, -0.15) is 8.61 Å². The van der Waals surface area contributed by atoms with Crippen molar-refractivity contribution in [1.82, 2.24) is 19.2 Å². The zero-order valence-electron chi connectivity index (χ0n) is 39.2. The molecule has 4 unspecified atom stereocenters. The van der Waals surface area contributed by atoms with Crippen LogP contribution in [0, 0.1) is 18.8 Å². The highest BCUT2D eigenvalue weighted by molar-refractivity contribution is 7.89. The van der Waals surface area contributed by atoms with Gasteiger partial charge in [0.1, 0.15) is 5.78 Å². The van der Waals surface area contributed by atoms with Crippen molar-refractivity contribution in [3.05, 3.63) is 143 Å². The van der Waals surface area contributed by atoms with Gasteiger partial charge in [0.15, 0.2) is 5.78 Å². The zero-order chi connectivity index (χ0) is 48.8. The number of Topliss-reactive ketones (excluding diaryl/α,β-unsaturated/α-hetero) is 2. The lowest BCUT2D eigenvalue weighted by atomic mass is 9.90. The van der Waals surface area contributed by atoms with E-state index in [1.165, 1.54) is 6.92 Å². The number of carbonyl (C=O) groups is 4. The molecule has 0 fully saturated rings. The van der Waals surface area contributed by atoms with E-state index in [2.05, 4.69) is 10.6 Å². The van der Waals surface area contributed by atoms with Crippen LogP contribution in [-0.2, 0) is 64.2 Å². The molecule has 0 radical (unpaired) electrons. The SMILES string of the molecule is CCC(Cc1ccccc1)C(=O)NC(Cc1ccccc1)CN(CC(=O)NC(CCCCN)C(=O)CC(Cc1ccccc1)CN(CC(C)=O)S(=O)(=O)Cc1ccc(C)cc1)S(=O)(=O)CCN. The van der Waals surface area contributed by atoms with Crippen molar-refractivity contribution in [2.24, 2.45) is 23.3 Å². The third kappa shape index (κ3) is 19.2.